The Bertz CT molecular complexity index is 1180. The number of benzene rings is 3. The van der Waals surface area contributed by atoms with Crippen molar-refractivity contribution in [2.75, 3.05) is 24.3 Å². The summed E-state index contributed by atoms with van der Waals surface area (Å²) in [5.41, 5.74) is 3.42. The van der Waals surface area contributed by atoms with Crippen molar-refractivity contribution in [3.05, 3.63) is 94.3 Å². The van der Waals surface area contributed by atoms with Gasteiger partial charge in [-0.3, -0.25) is 9.59 Å². The number of rotatable bonds is 8. The number of carbonyl (C=O) groups is 2. The molecule has 0 fully saturated rings. The predicted octanol–water partition coefficient (Wildman–Crippen LogP) is 5.98. The lowest BCUT2D eigenvalue weighted by Gasteiger charge is -2.27. The summed E-state index contributed by atoms with van der Waals surface area (Å²) in [6.45, 7) is 4.08. The number of nitrogens with zero attached hydrogens (tertiary/aromatic N) is 2. The van der Waals surface area contributed by atoms with Gasteiger partial charge in [0.2, 0.25) is 5.91 Å². The molecule has 0 aliphatic carbocycles. The molecule has 3 aromatic rings. The smallest absolute Gasteiger partial charge is 0.255 e. The normalized spacial score (nSPS) is 10.8. The molecule has 34 heavy (non-hydrogen) atoms. The van der Waals surface area contributed by atoms with Crippen molar-refractivity contribution in [1.29, 1.82) is 0 Å². The van der Waals surface area contributed by atoms with Gasteiger partial charge in [0.05, 0.1) is 10.6 Å². The van der Waals surface area contributed by atoms with Crippen LogP contribution in [-0.2, 0) is 17.9 Å². The van der Waals surface area contributed by atoms with Gasteiger partial charge < -0.3 is 15.1 Å². The topological polar surface area (TPSA) is 52.7 Å². The first-order valence-corrected chi connectivity index (χ1v) is 11.4. The second-order valence-electron chi connectivity index (χ2n) is 8.65. The van der Waals surface area contributed by atoms with Crippen LogP contribution in [0.4, 0.5) is 15.8 Å². The van der Waals surface area contributed by atoms with Gasteiger partial charge in [0.15, 0.2) is 0 Å². The molecule has 3 rings (SSSR count). The van der Waals surface area contributed by atoms with E-state index in [-0.39, 0.29) is 36.6 Å². The van der Waals surface area contributed by atoms with E-state index in [9.17, 15) is 14.0 Å². The van der Waals surface area contributed by atoms with Gasteiger partial charge in [-0.2, -0.15) is 0 Å². The highest BCUT2D eigenvalue weighted by molar-refractivity contribution is 6.33. The maximum absolute atomic E-state index is 13.9. The van der Waals surface area contributed by atoms with Gasteiger partial charge in [-0.1, -0.05) is 49.7 Å². The van der Waals surface area contributed by atoms with Crippen LogP contribution in [0.1, 0.15) is 35.3 Å². The van der Waals surface area contributed by atoms with Gasteiger partial charge in [0.25, 0.3) is 5.91 Å². The molecule has 5 nitrogen and oxygen atoms in total. The highest BCUT2D eigenvalue weighted by Crippen LogP contribution is 2.27. The van der Waals surface area contributed by atoms with Crippen molar-refractivity contribution in [2.24, 2.45) is 5.92 Å². The fourth-order valence-electron chi connectivity index (χ4n) is 3.58. The number of nitrogens with one attached hydrogen (secondary N) is 1. The van der Waals surface area contributed by atoms with Gasteiger partial charge >= 0.3 is 0 Å². The lowest BCUT2D eigenvalue weighted by atomic mass is 10.1. The van der Waals surface area contributed by atoms with Crippen LogP contribution in [0.2, 0.25) is 5.02 Å². The van der Waals surface area contributed by atoms with Crippen molar-refractivity contribution >= 4 is 34.8 Å². The Balaban J connectivity index is 2.01. The number of halogens is 2. The molecule has 3 aromatic carbocycles. The Morgan fingerprint density at radius 2 is 1.71 bits per heavy atom. The quantitative estimate of drug-likeness (QED) is 0.430. The van der Waals surface area contributed by atoms with E-state index in [0.29, 0.717) is 21.8 Å². The van der Waals surface area contributed by atoms with Gasteiger partial charge in [0.1, 0.15) is 5.82 Å². The molecule has 0 bridgehead atoms. The SMILES string of the molecule is CC(C)C(=O)Nc1ccc(N(C)C)c(CN(Cc2cccc(F)c2)C(=O)c2ccccc2Cl)c1. The summed E-state index contributed by atoms with van der Waals surface area (Å²) in [6, 6.07) is 18.7. The third kappa shape index (κ3) is 6.35. The lowest BCUT2D eigenvalue weighted by molar-refractivity contribution is -0.118. The molecule has 0 spiro atoms. The first-order valence-electron chi connectivity index (χ1n) is 11.0. The maximum Gasteiger partial charge on any atom is 0.255 e. The summed E-state index contributed by atoms with van der Waals surface area (Å²) in [5.74, 6) is -0.887. The number of anilines is 2. The largest absolute Gasteiger partial charge is 0.377 e. The number of carbonyl (C=O) groups excluding carboxylic acids is 2. The van der Waals surface area contributed by atoms with Crippen LogP contribution >= 0.6 is 11.6 Å². The summed E-state index contributed by atoms with van der Waals surface area (Å²) in [4.78, 5) is 29.4. The Hall–Kier alpha value is -3.38. The minimum Gasteiger partial charge on any atom is -0.377 e. The summed E-state index contributed by atoms with van der Waals surface area (Å²) in [7, 11) is 3.83. The van der Waals surface area contributed by atoms with Crippen molar-refractivity contribution in [3.63, 3.8) is 0 Å². The van der Waals surface area contributed by atoms with Crippen LogP contribution in [0.15, 0.2) is 66.7 Å². The molecule has 0 atom stereocenters. The monoisotopic (exact) mass is 481 g/mol. The Kier molecular flexibility index (Phi) is 8.29. The maximum atomic E-state index is 13.9. The minimum atomic E-state index is -0.366. The molecule has 0 saturated carbocycles. The van der Waals surface area contributed by atoms with Crippen molar-refractivity contribution in [3.8, 4) is 0 Å². The van der Waals surface area contributed by atoms with E-state index in [1.165, 1.54) is 12.1 Å². The first kappa shape index (κ1) is 25.2. The Morgan fingerprint density at radius 1 is 0.971 bits per heavy atom. The average molecular weight is 482 g/mol. The number of hydrogen-bond donors (Lipinski definition) is 1. The fourth-order valence-corrected chi connectivity index (χ4v) is 3.80. The lowest BCUT2D eigenvalue weighted by Crippen LogP contribution is -2.31. The molecule has 0 aromatic heterocycles. The molecular formula is C27H29ClFN3O2. The number of hydrogen-bond acceptors (Lipinski definition) is 3. The van der Waals surface area contributed by atoms with E-state index < -0.39 is 0 Å². The molecule has 0 saturated heterocycles. The Labute approximate surface area is 205 Å². The second kappa shape index (κ2) is 11.2. The van der Waals surface area contributed by atoms with E-state index >= 15 is 0 Å². The highest BCUT2D eigenvalue weighted by Gasteiger charge is 2.21. The van der Waals surface area contributed by atoms with Crippen LogP contribution in [0, 0.1) is 11.7 Å². The molecular weight excluding hydrogens is 453 g/mol. The predicted molar refractivity (Wildman–Crippen MR) is 136 cm³/mol. The van der Waals surface area contributed by atoms with Crippen LogP contribution < -0.4 is 10.2 Å². The molecule has 2 amide bonds. The van der Waals surface area contributed by atoms with Gasteiger partial charge in [-0.25, -0.2) is 4.39 Å². The van der Waals surface area contributed by atoms with Crippen LogP contribution in [0.25, 0.3) is 0 Å². The highest BCUT2D eigenvalue weighted by atomic mass is 35.5. The summed E-state index contributed by atoms with van der Waals surface area (Å²) in [6.07, 6.45) is 0. The number of amides is 2. The van der Waals surface area contributed by atoms with Crippen molar-refractivity contribution in [2.45, 2.75) is 26.9 Å². The minimum absolute atomic E-state index is 0.0905. The molecule has 0 radical (unpaired) electrons. The third-order valence-corrected chi connectivity index (χ3v) is 5.70. The second-order valence-corrected chi connectivity index (χ2v) is 9.06. The molecule has 0 aliphatic rings. The van der Waals surface area contributed by atoms with Gasteiger partial charge in [0, 0.05) is 44.5 Å². The van der Waals surface area contributed by atoms with Crippen LogP contribution in [-0.4, -0.2) is 30.8 Å². The Morgan fingerprint density at radius 3 is 2.35 bits per heavy atom. The summed E-state index contributed by atoms with van der Waals surface area (Å²) >= 11 is 6.33. The average Bonchev–Trinajstić information content (AvgIpc) is 2.78. The molecule has 0 aliphatic heterocycles. The van der Waals surface area contributed by atoms with Crippen LogP contribution in [0.5, 0.6) is 0 Å². The van der Waals surface area contributed by atoms with E-state index in [4.69, 9.17) is 11.6 Å². The van der Waals surface area contributed by atoms with Crippen molar-refractivity contribution < 1.29 is 14.0 Å². The van der Waals surface area contributed by atoms with E-state index in [1.54, 1.807) is 41.3 Å². The zero-order valence-corrected chi connectivity index (χ0v) is 20.6. The summed E-state index contributed by atoms with van der Waals surface area (Å²) in [5, 5.41) is 3.27. The zero-order valence-electron chi connectivity index (χ0n) is 19.8. The molecule has 178 valence electrons. The summed E-state index contributed by atoms with van der Waals surface area (Å²) < 4.78 is 13.9. The molecule has 7 heteroatoms. The third-order valence-electron chi connectivity index (χ3n) is 5.37. The molecule has 1 N–H and O–H groups in total. The standard InChI is InChI=1S/C27H29ClFN3O2/c1-18(2)26(33)30-22-12-13-25(31(3)4)20(15-22)17-32(16-19-8-7-9-21(29)14-19)27(34)23-10-5-6-11-24(23)28/h5-15,18H,16-17H2,1-4H3,(H,30,33). The van der Waals surface area contributed by atoms with Gasteiger partial charge in [-0.15, -0.1) is 0 Å². The fraction of sp³-hybridized carbons (Fsp3) is 0.259. The molecule has 0 heterocycles. The van der Waals surface area contributed by atoms with E-state index in [1.807, 2.05) is 51.0 Å². The first-order chi connectivity index (χ1) is 16.2. The zero-order chi connectivity index (χ0) is 24.8. The molecule has 0 unspecified atom stereocenters. The van der Waals surface area contributed by atoms with Crippen LogP contribution in [0.3, 0.4) is 0 Å². The van der Waals surface area contributed by atoms with Crippen molar-refractivity contribution in [1.82, 2.24) is 4.90 Å². The van der Waals surface area contributed by atoms with E-state index in [0.717, 1.165) is 11.3 Å². The van der Waals surface area contributed by atoms with E-state index in [2.05, 4.69) is 5.32 Å². The van der Waals surface area contributed by atoms with Gasteiger partial charge in [-0.05, 0) is 53.6 Å².